The van der Waals surface area contributed by atoms with Gasteiger partial charge >= 0.3 is 0 Å². The molecule has 1 aliphatic carbocycles. The lowest BCUT2D eigenvalue weighted by atomic mass is 9.73. The molecule has 106 valence electrons. The number of hydrogen-bond acceptors (Lipinski definition) is 3. The van der Waals surface area contributed by atoms with Crippen molar-refractivity contribution >= 4 is 0 Å². The van der Waals surface area contributed by atoms with Crippen LogP contribution in [0.3, 0.4) is 0 Å². The third-order valence-electron chi connectivity index (χ3n) is 4.10. The standard InChI is InChI=1S/C15H25N3O/c1-4-16-10-12-9-13(19)18-14(17-12)11-5-7-15(2,3)8-6-11/h9,11,16H,4-8,10H2,1-3H3,(H,17,18,19). The lowest BCUT2D eigenvalue weighted by Crippen LogP contribution is -2.24. The second-order valence-corrected chi connectivity index (χ2v) is 6.34. The summed E-state index contributed by atoms with van der Waals surface area (Å²) < 4.78 is 0. The van der Waals surface area contributed by atoms with Crippen molar-refractivity contribution in [3.05, 3.63) is 27.9 Å². The molecule has 1 aliphatic rings. The molecule has 19 heavy (non-hydrogen) atoms. The van der Waals surface area contributed by atoms with E-state index in [1.54, 1.807) is 6.07 Å². The zero-order chi connectivity index (χ0) is 13.9. The minimum absolute atomic E-state index is 0.0252. The Balaban J connectivity index is 2.12. The molecule has 0 atom stereocenters. The van der Waals surface area contributed by atoms with Crippen LogP contribution < -0.4 is 10.9 Å². The molecule has 1 fully saturated rings. The van der Waals surface area contributed by atoms with Crippen LogP contribution in [0.4, 0.5) is 0 Å². The number of rotatable bonds is 4. The minimum atomic E-state index is -0.0252. The van der Waals surface area contributed by atoms with Crippen molar-refractivity contribution in [2.24, 2.45) is 5.41 Å². The maximum Gasteiger partial charge on any atom is 0.251 e. The second-order valence-electron chi connectivity index (χ2n) is 6.34. The first-order chi connectivity index (χ1) is 9.00. The topological polar surface area (TPSA) is 57.8 Å². The highest BCUT2D eigenvalue weighted by molar-refractivity contribution is 5.07. The second kappa shape index (κ2) is 5.87. The molecule has 0 bridgehead atoms. The SMILES string of the molecule is CCNCc1cc(=O)[nH]c(C2CCC(C)(C)CC2)n1. The number of H-pyrrole nitrogens is 1. The Bertz CT molecular complexity index is 469. The lowest BCUT2D eigenvalue weighted by Gasteiger charge is -2.33. The van der Waals surface area contributed by atoms with Gasteiger partial charge in [0.15, 0.2) is 0 Å². The van der Waals surface area contributed by atoms with Gasteiger partial charge in [0.1, 0.15) is 5.82 Å². The van der Waals surface area contributed by atoms with E-state index in [9.17, 15) is 4.79 Å². The van der Waals surface area contributed by atoms with E-state index < -0.39 is 0 Å². The first-order valence-corrected chi connectivity index (χ1v) is 7.31. The summed E-state index contributed by atoms with van der Waals surface area (Å²) >= 11 is 0. The third-order valence-corrected chi connectivity index (χ3v) is 4.10. The third kappa shape index (κ3) is 3.90. The van der Waals surface area contributed by atoms with Crippen LogP contribution in [0.5, 0.6) is 0 Å². The van der Waals surface area contributed by atoms with E-state index in [0.717, 1.165) is 30.9 Å². The van der Waals surface area contributed by atoms with Crippen LogP contribution in [0.1, 0.15) is 63.9 Å². The molecule has 0 spiro atoms. The van der Waals surface area contributed by atoms with Gasteiger partial charge in [0, 0.05) is 18.5 Å². The Labute approximate surface area is 115 Å². The van der Waals surface area contributed by atoms with Crippen LogP contribution in [-0.4, -0.2) is 16.5 Å². The van der Waals surface area contributed by atoms with Crippen LogP contribution in [-0.2, 0) is 6.54 Å². The van der Waals surface area contributed by atoms with Gasteiger partial charge in [-0.05, 0) is 37.6 Å². The molecule has 2 rings (SSSR count). The maximum atomic E-state index is 11.7. The van der Waals surface area contributed by atoms with Gasteiger partial charge in [0.25, 0.3) is 5.56 Å². The first kappa shape index (κ1) is 14.3. The normalized spacial score (nSPS) is 19.5. The Morgan fingerprint density at radius 1 is 1.42 bits per heavy atom. The largest absolute Gasteiger partial charge is 0.311 e. The number of hydrogen-bond donors (Lipinski definition) is 2. The molecule has 0 unspecified atom stereocenters. The summed E-state index contributed by atoms with van der Waals surface area (Å²) in [6.07, 6.45) is 4.67. The molecule has 1 saturated carbocycles. The van der Waals surface area contributed by atoms with E-state index in [1.165, 1.54) is 12.8 Å². The number of aromatic nitrogens is 2. The van der Waals surface area contributed by atoms with Gasteiger partial charge in [-0.2, -0.15) is 0 Å². The summed E-state index contributed by atoms with van der Waals surface area (Å²) in [6.45, 7) is 8.26. The molecule has 2 N–H and O–H groups in total. The van der Waals surface area contributed by atoms with Gasteiger partial charge in [-0.1, -0.05) is 20.8 Å². The van der Waals surface area contributed by atoms with Crippen LogP contribution in [0.15, 0.2) is 10.9 Å². The monoisotopic (exact) mass is 263 g/mol. The molecule has 0 aromatic carbocycles. The van der Waals surface area contributed by atoms with Gasteiger partial charge in [-0.15, -0.1) is 0 Å². The molecule has 0 aliphatic heterocycles. The number of nitrogens with zero attached hydrogens (tertiary/aromatic N) is 1. The van der Waals surface area contributed by atoms with Crippen molar-refractivity contribution in [2.45, 2.75) is 58.9 Å². The molecular weight excluding hydrogens is 238 g/mol. The average Bonchev–Trinajstić information content (AvgIpc) is 2.35. The van der Waals surface area contributed by atoms with E-state index in [1.807, 2.05) is 0 Å². The first-order valence-electron chi connectivity index (χ1n) is 7.31. The predicted molar refractivity (Wildman–Crippen MR) is 77.2 cm³/mol. The molecule has 1 heterocycles. The van der Waals surface area contributed by atoms with E-state index in [4.69, 9.17) is 0 Å². The van der Waals surface area contributed by atoms with Crippen molar-refractivity contribution in [1.29, 1.82) is 0 Å². The minimum Gasteiger partial charge on any atom is -0.311 e. The van der Waals surface area contributed by atoms with Crippen LogP contribution >= 0.6 is 0 Å². The fourth-order valence-electron chi connectivity index (χ4n) is 2.74. The Morgan fingerprint density at radius 2 is 2.11 bits per heavy atom. The fraction of sp³-hybridized carbons (Fsp3) is 0.733. The van der Waals surface area contributed by atoms with Gasteiger partial charge in [0.05, 0.1) is 5.69 Å². The van der Waals surface area contributed by atoms with Crippen LogP contribution in [0.25, 0.3) is 0 Å². The highest BCUT2D eigenvalue weighted by atomic mass is 16.1. The van der Waals surface area contributed by atoms with Crippen molar-refractivity contribution in [3.8, 4) is 0 Å². The van der Waals surface area contributed by atoms with E-state index in [0.29, 0.717) is 17.9 Å². The van der Waals surface area contributed by atoms with Gasteiger partial charge < -0.3 is 10.3 Å². The van der Waals surface area contributed by atoms with Gasteiger partial charge in [0.2, 0.25) is 0 Å². The Morgan fingerprint density at radius 3 is 2.74 bits per heavy atom. The summed E-state index contributed by atoms with van der Waals surface area (Å²) in [6, 6.07) is 1.60. The molecule has 1 aromatic heterocycles. The summed E-state index contributed by atoms with van der Waals surface area (Å²) in [4.78, 5) is 19.3. The van der Waals surface area contributed by atoms with Crippen LogP contribution in [0, 0.1) is 5.41 Å². The highest BCUT2D eigenvalue weighted by Crippen LogP contribution is 2.41. The van der Waals surface area contributed by atoms with Crippen molar-refractivity contribution in [2.75, 3.05) is 6.54 Å². The quantitative estimate of drug-likeness (QED) is 0.877. The van der Waals surface area contributed by atoms with Gasteiger partial charge in [-0.3, -0.25) is 4.79 Å². The molecule has 1 aromatic rings. The van der Waals surface area contributed by atoms with E-state index >= 15 is 0 Å². The van der Waals surface area contributed by atoms with Crippen molar-refractivity contribution in [3.63, 3.8) is 0 Å². The molecular formula is C15H25N3O. The smallest absolute Gasteiger partial charge is 0.251 e. The predicted octanol–water partition coefficient (Wildman–Crippen LogP) is 2.56. The van der Waals surface area contributed by atoms with E-state index in [-0.39, 0.29) is 5.56 Å². The highest BCUT2D eigenvalue weighted by Gasteiger charge is 2.28. The Hall–Kier alpha value is -1.16. The summed E-state index contributed by atoms with van der Waals surface area (Å²) in [5, 5.41) is 3.22. The summed E-state index contributed by atoms with van der Waals surface area (Å²) in [7, 11) is 0. The van der Waals surface area contributed by atoms with E-state index in [2.05, 4.69) is 36.1 Å². The molecule has 0 amide bonds. The number of aromatic amines is 1. The molecule has 0 radical (unpaired) electrons. The lowest BCUT2D eigenvalue weighted by molar-refractivity contribution is 0.220. The molecule has 4 heteroatoms. The number of nitrogens with one attached hydrogen (secondary N) is 2. The average molecular weight is 263 g/mol. The molecule has 4 nitrogen and oxygen atoms in total. The van der Waals surface area contributed by atoms with Crippen LogP contribution in [0.2, 0.25) is 0 Å². The fourth-order valence-corrected chi connectivity index (χ4v) is 2.74. The Kier molecular flexibility index (Phi) is 4.40. The summed E-state index contributed by atoms with van der Waals surface area (Å²) in [5.41, 5.74) is 1.27. The van der Waals surface area contributed by atoms with Crippen molar-refractivity contribution < 1.29 is 0 Å². The summed E-state index contributed by atoms with van der Waals surface area (Å²) in [5.74, 6) is 1.30. The zero-order valence-corrected chi connectivity index (χ0v) is 12.3. The zero-order valence-electron chi connectivity index (χ0n) is 12.3. The van der Waals surface area contributed by atoms with Crippen molar-refractivity contribution in [1.82, 2.24) is 15.3 Å². The van der Waals surface area contributed by atoms with Gasteiger partial charge in [-0.25, -0.2) is 4.98 Å². The molecule has 0 saturated heterocycles. The maximum absolute atomic E-state index is 11.7.